The molecule has 2 saturated heterocycles. The van der Waals surface area contributed by atoms with Gasteiger partial charge in [-0.2, -0.15) is 8.78 Å². The number of para-hydroxylation sites is 2. The Balaban J connectivity index is 0.00000300. The molecule has 0 radical (unpaired) electrons. The average molecular weight is 523 g/mol. The number of alkyl halides is 2. The van der Waals surface area contributed by atoms with Crippen LogP contribution in [-0.4, -0.2) is 70.3 Å². The van der Waals surface area contributed by atoms with E-state index in [1.54, 1.807) is 19.2 Å². The Labute approximate surface area is 189 Å². The second-order valence-corrected chi connectivity index (χ2v) is 7.65. The van der Waals surface area contributed by atoms with Gasteiger partial charge in [-0.1, -0.05) is 12.1 Å². The molecule has 0 aliphatic carbocycles. The van der Waals surface area contributed by atoms with Crippen molar-refractivity contribution in [2.75, 3.05) is 51.7 Å². The molecule has 164 valence electrons. The smallest absolute Gasteiger partial charge is 0.387 e. The zero-order chi connectivity index (χ0) is 19.9. The monoisotopic (exact) mass is 523 g/mol. The molecule has 29 heavy (non-hydrogen) atoms. The zero-order valence-electron chi connectivity index (χ0n) is 17.1. The maximum Gasteiger partial charge on any atom is 0.387 e. The number of hydrogen-bond acceptors (Lipinski definition) is 4. The molecule has 0 amide bonds. The second kappa shape index (κ2) is 11.7. The molecule has 2 unspecified atom stereocenters. The molecule has 0 saturated carbocycles. The number of hydrogen-bond donors (Lipinski definition) is 2. The molecule has 2 aliphatic rings. The van der Waals surface area contributed by atoms with Gasteiger partial charge in [0.25, 0.3) is 0 Å². The molecule has 0 spiro atoms. The predicted molar refractivity (Wildman–Crippen MR) is 124 cm³/mol. The molecule has 9 heteroatoms. The van der Waals surface area contributed by atoms with Crippen LogP contribution in [0.5, 0.6) is 5.75 Å². The number of ether oxygens (including phenoxy) is 1. The Morgan fingerprint density at radius 1 is 1.24 bits per heavy atom. The van der Waals surface area contributed by atoms with Crippen LogP contribution in [-0.2, 0) is 0 Å². The van der Waals surface area contributed by atoms with Gasteiger partial charge in [-0.15, -0.1) is 24.0 Å². The summed E-state index contributed by atoms with van der Waals surface area (Å²) in [5.41, 5.74) is 0.709. The molecule has 0 bridgehead atoms. The Morgan fingerprint density at radius 2 is 2.03 bits per heavy atom. The van der Waals surface area contributed by atoms with E-state index in [0.29, 0.717) is 11.6 Å². The Morgan fingerprint density at radius 3 is 2.76 bits per heavy atom. The molecule has 2 fully saturated rings. The van der Waals surface area contributed by atoms with Crippen molar-refractivity contribution < 1.29 is 13.5 Å². The van der Waals surface area contributed by atoms with E-state index in [0.717, 1.165) is 38.6 Å². The fraction of sp³-hybridized carbons (Fsp3) is 0.650. The van der Waals surface area contributed by atoms with E-state index in [1.807, 2.05) is 12.1 Å². The Bertz CT molecular complexity index is 664. The Kier molecular flexibility index (Phi) is 9.67. The van der Waals surface area contributed by atoms with Crippen LogP contribution in [0.2, 0.25) is 0 Å². The summed E-state index contributed by atoms with van der Waals surface area (Å²) in [6.45, 7) is 1.88. The van der Waals surface area contributed by atoms with Gasteiger partial charge in [-0.25, -0.2) is 0 Å². The van der Waals surface area contributed by atoms with Crippen LogP contribution in [0.3, 0.4) is 0 Å². The van der Waals surface area contributed by atoms with Crippen molar-refractivity contribution in [1.82, 2.24) is 15.5 Å². The van der Waals surface area contributed by atoms with Crippen molar-refractivity contribution in [3.8, 4) is 5.75 Å². The van der Waals surface area contributed by atoms with Crippen molar-refractivity contribution in [2.24, 2.45) is 10.9 Å². The minimum atomic E-state index is -2.82. The minimum Gasteiger partial charge on any atom is -0.433 e. The van der Waals surface area contributed by atoms with Crippen molar-refractivity contribution >= 4 is 35.6 Å². The largest absolute Gasteiger partial charge is 0.433 e. The molecule has 2 aliphatic heterocycles. The lowest BCUT2D eigenvalue weighted by Gasteiger charge is -2.30. The lowest BCUT2D eigenvalue weighted by Crippen LogP contribution is -2.47. The molecule has 1 aromatic rings. The predicted octanol–water partition coefficient (Wildman–Crippen LogP) is 2.99. The maximum absolute atomic E-state index is 12.7. The van der Waals surface area contributed by atoms with Crippen LogP contribution in [0.25, 0.3) is 0 Å². The van der Waals surface area contributed by atoms with Gasteiger partial charge >= 0.3 is 6.61 Å². The number of piperidine rings is 1. The average Bonchev–Trinajstić information content (AvgIpc) is 3.13. The van der Waals surface area contributed by atoms with Crippen LogP contribution >= 0.6 is 24.0 Å². The molecule has 2 heterocycles. The summed E-state index contributed by atoms with van der Waals surface area (Å²) < 4.78 is 30.0. The Hall–Kier alpha value is -1.36. The van der Waals surface area contributed by atoms with Crippen molar-refractivity contribution in [3.05, 3.63) is 24.3 Å². The minimum absolute atomic E-state index is 0. The maximum atomic E-state index is 12.7. The third-order valence-corrected chi connectivity index (χ3v) is 5.45. The van der Waals surface area contributed by atoms with Crippen molar-refractivity contribution in [3.63, 3.8) is 0 Å². The zero-order valence-corrected chi connectivity index (χ0v) is 19.4. The molecule has 6 nitrogen and oxygen atoms in total. The van der Waals surface area contributed by atoms with Gasteiger partial charge in [0, 0.05) is 39.3 Å². The van der Waals surface area contributed by atoms with E-state index in [4.69, 9.17) is 0 Å². The number of anilines is 1. The van der Waals surface area contributed by atoms with Crippen molar-refractivity contribution in [2.45, 2.75) is 31.9 Å². The molecule has 1 aromatic carbocycles. The van der Waals surface area contributed by atoms with E-state index in [9.17, 15) is 8.78 Å². The lowest BCUT2D eigenvalue weighted by atomic mass is 9.99. The first-order chi connectivity index (χ1) is 13.5. The molecule has 2 N–H and O–H groups in total. The van der Waals surface area contributed by atoms with Gasteiger partial charge in [0.05, 0.1) is 5.69 Å². The number of guanidine groups is 1. The normalized spacial score (nSPS) is 23.1. The number of halogens is 3. The summed E-state index contributed by atoms with van der Waals surface area (Å²) in [5.74, 6) is 1.66. The molecule has 0 aromatic heterocycles. The van der Waals surface area contributed by atoms with E-state index in [-0.39, 0.29) is 35.8 Å². The van der Waals surface area contributed by atoms with E-state index in [2.05, 4.69) is 37.2 Å². The first-order valence-electron chi connectivity index (χ1n) is 9.99. The number of aliphatic imine (C=N–C) groups is 1. The fourth-order valence-corrected chi connectivity index (χ4v) is 4.08. The van der Waals surface area contributed by atoms with Gasteiger partial charge in [0.15, 0.2) is 5.96 Å². The van der Waals surface area contributed by atoms with E-state index < -0.39 is 6.61 Å². The second-order valence-electron chi connectivity index (χ2n) is 7.65. The van der Waals surface area contributed by atoms with Crippen LogP contribution < -0.4 is 20.3 Å². The summed E-state index contributed by atoms with van der Waals surface area (Å²) in [4.78, 5) is 8.80. The first-order valence-corrected chi connectivity index (χ1v) is 9.99. The van der Waals surface area contributed by atoms with Gasteiger partial charge < -0.3 is 25.2 Å². The van der Waals surface area contributed by atoms with Gasteiger partial charge in [0.2, 0.25) is 0 Å². The number of rotatable bonds is 6. The first kappa shape index (κ1) is 23.9. The quantitative estimate of drug-likeness (QED) is 0.341. The lowest BCUT2D eigenvalue weighted by molar-refractivity contribution is -0.0495. The van der Waals surface area contributed by atoms with Crippen LogP contribution in [0, 0.1) is 5.92 Å². The third kappa shape index (κ3) is 7.13. The van der Waals surface area contributed by atoms with Crippen LogP contribution in [0.1, 0.15) is 19.3 Å². The number of nitrogens with zero attached hydrogens (tertiary/aromatic N) is 3. The molecular formula is C20H32F2IN5O. The van der Waals surface area contributed by atoms with Crippen molar-refractivity contribution in [1.29, 1.82) is 0 Å². The molecule has 3 rings (SSSR count). The highest BCUT2D eigenvalue weighted by Gasteiger charge is 2.26. The van der Waals surface area contributed by atoms with Crippen LogP contribution in [0.15, 0.2) is 29.3 Å². The van der Waals surface area contributed by atoms with E-state index in [1.165, 1.54) is 19.4 Å². The third-order valence-electron chi connectivity index (χ3n) is 5.45. The van der Waals surface area contributed by atoms with E-state index >= 15 is 0 Å². The number of nitrogens with one attached hydrogen (secondary N) is 2. The highest BCUT2D eigenvalue weighted by atomic mass is 127. The highest BCUT2D eigenvalue weighted by molar-refractivity contribution is 14.0. The van der Waals surface area contributed by atoms with Gasteiger partial charge in [-0.05, 0) is 50.9 Å². The van der Waals surface area contributed by atoms with Gasteiger partial charge in [-0.3, -0.25) is 4.99 Å². The molecule has 2 atom stereocenters. The summed E-state index contributed by atoms with van der Waals surface area (Å²) in [6, 6.07) is 7.17. The fourth-order valence-electron chi connectivity index (χ4n) is 4.08. The van der Waals surface area contributed by atoms with Gasteiger partial charge in [0.1, 0.15) is 5.75 Å². The standard InChI is InChI=1S/C20H31F2N5O.HI/c1-23-20(24-12-15-6-5-10-26(2)13-15)25-16-9-11-27(14-16)17-7-3-4-8-18(17)28-19(21)22;/h3-4,7-8,15-16,19H,5-6,9-14H2,1-2H3,(H2,23,24,25);1H. The topological polar surface area (TPSA) is 52.1 Å². The SMILES string of the molecule is CN=C(NCC1CCCN(C)C1)NC1CCN(c2ccccc2OC(F)F)C1.I. The summed E-state index contributed by atoms with van der Waals surface area (Å²) in [5, 5.41) is 6.92. The summed E-state index contributed by atoms with van der Waals surface area (Å²) >= 11 is 0. The highest BCUT2D eigenvalue weighted by Crippen LogP contribution is 2.31. The number of likely N-dealkylation sites (tertiary alicyclic amines) is 1. The van der Waals surface area contributed by atoms with Crippen LogP contribution in [0.4, 0.5) is 14.5 Å². The summed E-state index contributed by atoms with van der Waals surface area (Å²) in [6.07, 6.45) is 3.40. The number of benzene rings is 1. The molecular weight excluding hydrogens is 491 g/mol. The summed E-state index contributed by atoms with van der Waals surface area (Å²) in [7, 11) is 3.95.